The molecule has 1 aromatic heterocycles. The van der Waals surface area contributed by atoms with Gasteiger partial charge in [-0.2, -0.15) is 0 Å². The molecule has 0 saturated heterocycles. The van der Waals surface area contributed by atoms with E-state index in [0.29, 0.717) is 0 Å². The number of unbranched alkanes of at least 4 members (excludes halogenated alkanes) is 1. The fraction of sp³-hybridized carbons (Fsp3) is 0.750. The second-order valence-corrected chi connectivity index (χ2v) is 6.92. The molecule has 5 heteroatoms. The van der Waals surface area contributed by atoms with E-state index in [1.54, 1.807) is 11.8 Å². The molecule has 0 aromatic carbocycles. The first-order chi connectivity index (χ1) is 9.91. The van der Waals surface area contributed by atoms with Crippen LogP contribution in [0.1, 0.15) is 50.1 Å². The van der Waals surface area contributed by atoms with Crippen molar-refractivity contribution in [3.05, 3.63) is 17.0 Å². The van der Waals surface area contributed by atoms with Crippen LogP contribution in [0, 0.1) is 20.8 Å². The average Bonchev–Trinajstić information content (AvgIpc) is 2.44. The van der Waals surface area contributed by atoms with E-state index in [0.717, 1.165) is 48.1 Å². The summed E-state index contributed by atoms with van der Waals surface area (Å²) >= 11 is 1.72. The molecule has 0 radical (unpaired) electrons. The van der Waals surface area contributed by atoms with Gasteiger partial charge in [0.05, 0.1) is 6.61 Å². The Hall–Kier alpha value is -0.650. The van der Waals surface area contributed by atoms with Crippen LogP contribution in [0.25, 0.3) is 0 Å². The number of aliphatic hydroxyl groups excluding tert-OH is 1. The Kier molecular flexibility index (Phi) is 7.63. The molecule has 2 N–H and O–H groups in total. The summed E-state index contributed by atoms with van der Waals surface area (Å²) in [5.74, 6) is 1.02. The Morgan fingerprint density at radius 3 is 2.29 bits per heavy atom. The fourth-order valence-corrected chi connectivity index (χ4v) is 3.17. The lowest BCUT2D eigenvalue weighted by atomic mass is 9.96. The first-order valence-corrected chi connectivity index (χ1v) is 8.71. The normalized spacial score (nSPS) is 14.2. The maximum atomic E-state index is 9.45. The van der Waals surface area contributed by atoms with Gasteiger partial charge in [0.25, 0.3) is 0 Å². The number of aryl methyl sites for hydroxylation is 2. The number of nitrogens with one attached hydrogen (secondary N) is 1. The summed E-state index contributed by atoms with van der Waals surface area (Å²) in [5, 5.41) is 13.7. The second-order valence-electron chi connectivity index (χ2n) is 5.86. The Labute approximate surface area is 133 Å². The molecule has 1 heterocycles. The molecule has 21 heavy (non-hydrogen) atoms. The number of rotatable bonds is 9. The van der Waals surface area contributed by atoms with Crippen molar-refractivity contribution in [3.63, 3.8) is 0 Å². The third kappa shape index (κ3) is 5.93. The summed E-state index contributed by atoms with van der Waals surface area (Å²) in [4.78, 5) is 9.05. The maximum absolute atomic E-state index is 9.45. The molecular formula is C16H29N3OS. The van der Waals surface area contributed by atoms with Crippen LogP contribution in [-0.2, 0) is 0 Å². The lowest BCUT2D eigenvalue weighted by Crippen LogP contribution is -2.45. The third-order valence-corrected chi connectivity index (χ3v) is 4.85. The lowest BCUT2D eigenvalue weighted by molar-refractivity contribution is 0.165. The number of likely N-dealkylation sites (N-methyl/N-ethyl adjacent to an activating group) is 1. The highest BCUT2D eigenvalue weighted by Gasteiger charge is 2.20. The summed E-state index contributed by atoms with van der Waals surface area (Å²) < 4.78 is 0. The van der Waals surface area contributed by atoms with Gasteiger partial charge in [-0.05, 0) is 52.6 Å². The van der Waals surface area contributed by atoms with Crippen LogP contribution in [0.2, 0.25) is 0 Å². The highest BCUT2D eigenvalue weighted by Crippen LogP contribution is 2.20. The summed E-state index contributed by atoms with van der Waals surface area (Å²) in [7, 11) is 0. The van der Waals surface area contributed by atoms with Crippen LogP contribution in [0.5, 0.6) is 0 Å². The quantitative estimate of drug-likeness (QED) is 0.417. The predicted octanol–water partition coefficient (Wildman–Crippen LogP) is 3.02. The van der Waals surface area contributed by atoms with Gasteiger partial charge >= 0.3 is 0 Å². The molecule has 0 fully saturated rings. The first-order valence-electron chi connectivity index (χ1n) is 7.72. The van der Waals surface area contributed by atoms with Gasteiger partial charge in [0.2, 0.25) is 0 Å². The van der Waals surface area contributed by atoms with Crippen molar-refractivity contribution in [2.75, 3.05) is 18.9 Å². The SMILES string of the molecule is CCNC(C)(CO)CCCCSc1nc(C)c(C)c(C)n1. The van der Waals surface area contributed by atoms with Crippen molar-refractivity contribution < 1.29 is 5.11 Å². The molecular weight excluding hydrogens is 282 g/mol. The molecule has 1 unspecified atom stereocenters. The van der Waals surface area contributed by atoms with Gasteiger partial charge in [-0.1, -0.05) is 25.1 Å². The molecule has 0 aliphatic carbocycles. The standard InChI is InChI=1S/C16H29N3OS/c1-6-17-16(5,11-20)9-7-8-10-21-15-18-13(3)12(2)14(4)19-15/h17,20H,6-11H2,1-5H3. The maximum Gasteiger partial charge on any atom is 0.187 e. The second kappa shape index (κ2) is 8.71. The van der Waals surface area contributed by atoms with Crippen molar-refractivity contribution in [2.45, 2.75) is 64.6 Å². The Bertz CT molecular complexity index is 430. The molecule has 1 aromatic rings. The zero-order chi connectivity index (χ0) is 15.9. The van der Waals surface area contributed by atoms with E-state index in [1.165, 1.54) is 5.56 Å². The van der Waals surface area contributed by atoms with Gasteiger partial charge in [-0.25, -0.2) is 9.97 Å². The number of nitrogens with zero attached hydrogens (tertiary/aromatic N) is 2. The lowest BCUT2D eigenvalue weighted by Gasteiger charge is -2.28. The number of aliphatic hydroxyl groups is 1. The molecule has 0 spiro atoms. The monoisotopic (exact) mass is 311 g/mol. The van der Waals surface area contributed by atoms with Gasteiger partial charge < -0.3 is 10.4 Å². The fourth-order valence-electron chi connectivity index (χ4n) is 2.24. The molecule has 1 atom stereocenters. The van der Waals surface area contributed by atoms with E-state index in [1.807, 2.05) is 13.8 Å². The van der Waals surface area contributed by atoms with Gasteiger partial charge in [0, 0.05) is 22.7 Å². The van der Waals surface area contributed by atoms with E-state index in [-0.39, 0.29) is 12.1 Å². The van der Waals surface area contributed by atoms with Crippen LogP contribution in [0.15, 0.2) is 5.16 Å². The third-order valence-electron chi connectivity index (χ3n) is 3.92. The van der Waals surface area contributed by atoms with Crippen molar-refractivity contribution >= 4 is 11.8 Å². The minimum absolute atomic E-state index is 0.146. The average molecular weight is 311 g/mol. The van der Waals surface area contributed by atoms with E-state index >= 15 is 0 Å². The largest absolute Gasteiger partial charge is 0.394 e. The smallest absolute Gasteiger partial charge is 0.187 e. The topological polar surface area (TPSA) is 58.0 Å². The Morgan fingerprint density at radius 1 is 1.14 bits per heavy atom. The summed E-state index contributed by atoms with van der Waals surface area (Å²) in [6, 6.07) is 0. The molecule has 4 nitrogen and oxygen atoms in total. The first kappa shape index (κ1) is 18.4. The highest BCUT2D eigenvalue weighted by molar-refractivity contribution is 7.99. The zero-order valence-corrected chi connectivity index (χ0v) is 14.8. The number of hydrogen-bond acceptors (Lipinski definition) is 5. The summed E-state index contributed by atoms with van der Waals surface area (Å²) in [6.07, 6.45) is 3.20. The van der Waals surface area contributed by atoms with Crippen molar-refractivity contribution in [1.29, 1.82) is 0 Å². The van der Waals surface area contributed by atoms with Gasteiger partial charge in [-0.3, -0.25) is 0 Å². The van der Waals surface area contributed by atoms with Crippen LogP contribution < -0.4 is 5.32 Å². The van der Waals surface area contributed by atoms with Gasteiger partial charge in [0.15, 0.2) is 5.16 Å². The minimum atomic E-state index is -0.146. The Balaban J connectivity index is 2.35. The molecule has 1 rings (SSSR count). The van der Waals surface area contributed by atoms with Crippen molar-refractivity contribution in [1.82, 2.24) is 15.3 Å². The number of thioether (sulfide) groups is 1. The molecule has 0 amide bonds. The van der Waals surface area contributed by atoms with E-state index < -0.39 is 0 Å². The van der Waals surface area contributed by atoms with Gasteiger partial charge in [0.1, 0.15) is 0 Å². The van der Waals surface area contributed by atoms with Crippen LogP contribution in [0.4, 0.5) is 0 Å². The highest BCUT2D eigenvalue weighted by atomic mass is 32.2. The minimum Gasteiger partial charge on any atom is -0.394 e. The van der Waals surface area contributed by atoms with Crippen molar-refractivity contribution in [2.24, 2.45) is 0 Å². The van der Waals surface area contributed by atoms with E-state index in [4.69, 9.17) is 0 Å². The zero-order valence-electron chi connectivity index (χ0n) is 14.0. The summed E-state index contributed by atoms with van der Waals surface area (Å²) in [6.45, 7) is 11.4. The predicted molar refractivity (Wildman–Crippen MR) is 90.0 cm³/mol. The number of aromatic nitrogens is 2. The summed E-state index contributed by atoms with van der Waals surface area (Å²) in [5.41, 5.74) is 3.19. The Morgan fingerprint density at radius 2 is 1.76 bits per heavy atom. The molecule has 120 valence electrons. The molecule has 0 saturated carbocycles. The van der Waals surface area contributed by atoms with Crippen LogP contribution in [-0.4, -0.2) is 39.5 Å². The number of hydrogen-bond donors (Lipinski definition) is 2. The molecule has 0 aliphatic rings. The van der Waals surface area contributed by atoms with Gasteiger partial charge in [-0.15, -0.1) is 0 Å². The van der Waals surface area contributed by atoms with E-state index in [9.17, 15) is 5.11 Å². The van der Waals surface area contributed by atoms with Crippen LogP contribution >= 0.6 is 11.8 Å². The molecule has 0 bridgehead atoms. The van der Waals surface area contributed by atoms with Crippen LogP contribution in [0.3, 0.4) is 0 Å². The molecule has 0 aliphatic heterocycles. The van der Waals surface area contributed by atoms with E-state index in [2.05, 4.69) is 36.1 Å². The van der Waals surface area contributed by atoms with Crippen molar-refractivity contribution in [3.8, 4) is 0 Å².